The van der Waals surface area contributed by atoms with Crippen molar-refractivity contribution in [1.82, 2.24) is 5.32 Å². The SMILES string of the molecule is CC(C)C(=O)COCCOCCOCCOCCNC(=O)C(C)S. The van der Waals surface area contributed by atoms with E-state index >= 15 is 0 Å². The number of carbonyl (C=O) groups is 2. The molecular formula is C16H31NO6S. The van der Waals surface area contributed by atoms with E-state index in [0.717, 1.165) is 0 Å². The molecule has 1 atom stereocenters. The van der Waals surface area contributed by atoms with Crippen LogP contribution in [-0.2, 0) is 28.5 Å². The molecule has 0 rings (SSSR count). The van der Waals surface area contributed by atoms with Crippen molar-refractivity contribution < 1.29 is 28.5 Å². The molecule has 1 amide bonds. The Morgan fingerprint density at radius 2 is 1.29 bits per heavy atom. The number of ether oxygens (including phenoxy) is 4. The van der Waals surface area contributed by atoms with E-state index in [-0.39, 0.29) is 29.5 Å². The molecule has 0 aliphatic heterocycles. The van der Waals surface area contributed by atoms with Crippen LogP contribution in [0.4, 0.5) is 0 Å². The third-order valence-corrected chi connectivity index (χ3v) is 3.16. The number of amides is 1. The number of ketones is 1. The Hall–Kier alpha value is -0.670. The Bertz CT molecular complexity index is 307. The van der Waals surface area contributed by atoms with Crippen molar-refractivity contribution in [2.24, 2.45) is 5.92 Å². The zero-order valence-electron chi connectivity index (χ0n) is 14.9. The number of nitrogens with one attached hydrogen (secondary N) is 1. The molecule has 0 bridgehead atoms. The standard InChI is InChI=1S/C16H31NO6S/c1-13(2)15(18)12-23-11-10-22-9-8-21-7-6-20-5-4-17-16(19)14(3)24/h13-14,24H,4-12H2,1-3H3,(H,17,19). The summed E-state index contributed by atoms with van der Waals surface area (Å²) in [6.07, 6.45) is 0. The van der Waals surface area contributed by atoms with Gasteiger partial charge in [-0.1, -0.05) is 13.8 Å². The second-order valence-corrected chi connectivity index (χ2v) is 6.25. The molecule has 8 heteroatoms. The van der Waals surface area contributed by atoms with E-state index in [4.69, 9.17) is 18.9 Å². The van der Waals surface area contributed by atoms with Gasteiger partial charge >= 0.3 is 0 Å². The maximum Gasteiger partial charge on any atom is 0.232 e. The molecule has 142 valence electrons. The van der Waals surface area contributed by atoms with Gasteiger partial charge in [-0.2, -0.15) is 12.6 Å². The second-order valence-electron chi connectivity index (χ2n) is 5.48. The first-order valence-corrected chi connectivity index (χ1v) is 8.76. The molecule has 1 unspecified atom stereocenters. The van der Waals surface area contributed by atoms with Crippen LogP contribution in [0.3, 0.4) is 0 Å². The van der Waals surface area contributed by atoms with Gasteiger partial charge in [-0.05, 0) is 6.92 Å². The molecule has 0 spiro atoms. The molecule has 0 aromatic heterocycles. The van der Waals surface area contributed by atoms with Crippen LogP contribution in [0.15, 0.2) is 0 Å². The number of carbonyl (C=O) groups excluding carboxylic acids is 2. The van der Waals surface area contributed by atoms with Crippen molar-refractivity contribution in [2.45, 2.75) is 26.0 Å². The predicted molar refractivity (Wildman–Crippen MR) is 94.6 cm³/mol. The number of hydrogen-bond donors (Lipinski definition) is 2. The molecule has 0 saturated heterocycles. The van der Waals surface area contributed by atoms with Crippen molar-refractivity contribution in [2.75, 3.05) is 59.4 Å². The van der Waals surface area contributed by atoms with E-state index in [2.05, 4.69) is 17.9 Å². The number of hydrogen-bond acceptors (Lipinski definition) is 7. The molecule has 0 aliphatic carbocycles. The molecule has 0 heterocycles. The summed E-state index contributed by atoms with van der Waals surface area (Å²) in [5, 5.41) is 2.39. The molecule has 7 nitrogen and oxygen atoms in total. The maximum atomic E-state index is 11.3. The van der Waals surface area contributed by atoms with Gasteiger partial charge in [0.05, 0.1) is 51.5 Å². The minimum atomic E-state index is -0.311. The highest BCUT2D eigenvalue weighted by Crippen LogP contribution is 1.94. The second kappa shape index (κ2) is 15.8. The van der Waals surface area contributed by atoms with Crippen LogP contribution in [-0.4, -0.2) is 76.3 Å². The van der Waals surface area contributed by atoms with Gasteiger partial charge in [0.2, 0.25) is 5.91 Å². The Kier molecular flexibility index (Phi) is 15.4. The Labute approximate surface area is 150 Å². The zero-order chi connectivity index (χ0) is 18.2. The van der Waals surface area contributed by atoms with Gasteiger partial charge in [-0.3, -0.25) is 9.59 Å². The van der Waals surface area contributed by atoms with E-state index < -0.39 is 0 Å². The number of rotatable bonds is 16. The van der Waals surface area contributed by atoms with Gasteiger partial charge in [0.15, 0.2) is 5.78 Å². The van der Waals surface area contributed by atoms with E-state index in [1.165, 1.54) is 0 Å². The van der Waals surface area contributed by atoms with Gasteiger partial charge in [-0.15, -0.1) is 0 Å². The van der Waals surface area contributed by atoms with E-state index in [1.807, 2.05) is 13.8 Å². The largest absolute Gasteiger partial charge is 0.377 e. The first-order chi connectivity index (χ1) is 11.4. The molecule has 24 heavy (non-hydrogen) atoms. The summed E-state index contributed by atoms with van der Waals surface area (Å²) in [5.41, 5.74) is 0. The quantitative estimate of drug-likeness (QED) is 0.310. The van der Waals surface area contributed by atoms with E-state index in [9.17, 15) is 9.59 Å². The summed E-state index contributed by atoms with van der Waals surface area (Å²) < 4.78 is 21.2. The fourth-order valence-electron chi connectivity index (χ4n) is 1.39. The summed E-state index contributed by atoms with van der Waals surface area (Å²) in [6.45, 7) is 9.18. The average Bonchev–Trinajstić information content (AvgIpc) is 2.54. The molecule has 1 N–H and O–H groups in total. The van der Waals surface area contributed by atoms with Gasteiger partial charge < -0.3 is 24.3 Å². The van der Waals surface area contributed by atoms with Crippen LogP contribution in [0, 0.1) is 5.92 Å². The molecule has 0 aromatic carbocycles. The van der Waals surface area contributed by atoms with Crippen molar-refractivity contribution in [3.8, 4) is 0 Å². The van der Waals surface area contributed by atoms with Crippen molar-refractivity contribution in [3.05, 3.63) is 0 Å². The topological polar surface area (TPSA) is 83.1 Å². The minimum Gasteiger partial charge on any atom is -0.377 e. The summed E-state index contributed by atoms with van der Waals surface area (Å²) in [4.78, 5) is 22.5. The minimum absolute atomic E-state index is 0.00403. The normalized spacial score (nSPS) is 12.4. The van der Waals surface area contributed by atoms with Crippen LogP contribution in [0.1, 0.15) is 20.8 Å². The lowest BCUT2D eigenvalue weighted by Gasteiger charge is -2.09. The van der Waals surface area contributed by atoms with Crippen molar-refractivity contribution in [1.29, 1.82) is 0 Å². The van der Waals surface area contributed by atoms with Crippen molar-refractivity contribution in [3.63, 3.8) is 0 Å². The van der Waals surface area contributed by atoms with Crippen LogP contribution >= 0.6 is 12.6 Å². The lowest BCUT2D eigenvalue weighted by molar-refractivity contribution is -0.127. The predicted octanol–water partition coefficient (Wildman–Crippen LogP) is 0.712. The Balaban J connectivity index is 3.15. The van der Waals surface area contributed by atoms with Crippen LogP contribution in [0.25, 0.3) is 0 Å². The summed E-state index contributed by atoms with van der Waals surface area (Å²) in [5.74, 6) is -0.00438. The molecule has 0 saturated carbocycles. The third kappa shape index (κ3) is 14.9. The summed E-state index contributed by atoms with van der Waals surface area (Å²) in [6, 6.07) is 0. The molecular weight excluding hydrogens is 334 g/mol. The van der Waals surface area contributed by atoms with Crippen LogP contribution in [0.5, 0.6) is 0 Å². The lowest BCUT2D eigenvalue weighted by Crippen LogP contribution is -2.32. The third-order valence-electron chi connectivity index (χ3n) is 2.93. The van der Waals surface area contributed by atoms with Gasteiger partial charge in [0.1, 0.15) is 6.61 Å². The van der Waals surface area contributed by atoms with Gasteiger partial charge in [-0.25, -0.2) is 0 Å². The summed E-state index contributed by atoms with van der Waals surface area (Å²) in [7, 11) is 0. The lowest BCUT2D eigenvalue weighted by atomic mass is 10.1. The van der Waals surface area contributed by atoms with E-state index in [1.54, 1.807) is 6.92 Å². The fraction of sp³-hybridized carbons (Fsp3) is 0.875. The Morgan fingerprint density at radius 3 is 1.75 bits per heavy atom. The van der Waals surface area contributed by atoms with Crippen molar-refractivity contribution >= 4 is 24.3 Å². The average molecular weight is 365 g/mol. The Morgan fingerprint density at radius 1 is 0.833 bits per heavy atom. The molecule has 0 aliphatic rings. The first-order valence-electron chi connectivity index (χ1n) is 8.24. The first kappa shape index (κ1) is 23.3. The smallest absolute Gasteiger partial charge is 0.232 e. The van der Waals surface area contributed by atoms with Crippen LogP contribution < -0.4 is 5.32 Å². The molecule has 0 radical (unpaired) electrons. The monoisotopic (exact) mass is 365 g/mol. The summed E-state index contributed by atoms with van der Waals surface area (Å²) >= 11 is 4.02. The highest BCUT2D eigenvalue weighted by Gasteiger charge is 2.06. The maximum absolute atomic E-state index is 11.3. The zero-order valence-corrected chi connectivity index (χ0v) is 15.8. The highest BCUT2D eigenvalue weighted by atomic mass is 32.1. The molecule has 0 fully saturated rings. The van der Waals surface area contributed by atoms with Gasteiger partial charge in [0, 0.05) is 12.5 Å². The van der Waals surface area contributed by atoms with Gasteiger partial charge in [0.25, 0.3) is 0 Å². The van der Waals surface area contributed by atoms with Crippen LogP contribution in [0.2, 0.25) is 0 Å². The molecule has 0 aromatic rings. The number of thiol groups is 1. The fourth-order valence-corrected chi connectivity index (χ4v) is 1.48. The number of Topliss-reactive ketones (excluding diaryl/α,β-unsaturated/α-hetero) is 1. The highest BCUT2D eigenvalue weighted by molar-refractivity contribution is 7.81. The van der Waals surface area contributed by atoms with E-state index in [0.29, 0.717) is 52.8 Å².